The first-order valence-electron chi connectivity index (χ1n) is 6.31. The Morgan fingerprint density at radius 1 is 1.59 bits per heavy atom. The SMILES string of the molecule is CCC1CCCN1C(=O)c1nn(CC)cc1N. The second kappa shape index (κ2) is 4.77. The van der Waals surface area contributed by atoms with Crippen molar-refractivity contribution in [1.82, 2.24) is 14.7 Å². The molecule has 1 saturated heterocycles. The standard InChI is InChI=1S/C12H20N4O/c1-3-9-6-5-7-16(9)12(17)11-10(13)8-15(4-2)14-11/h8-9H,3-7,13H2,1-2H3. The van der Waals surface area contributed by atoms with Gasteiger partial charge in [0.1, 0.15) is 0 Å². The van der Waals surface area contributed by atoms with Gasteiger partial charge in [-0.3, -0.25) is 9.48 Å². The average molecular weight is 236 g/mol. The summed E-state index contributed by atoms with van der Waals surface area (Å²) in [6, 6.07) is 0.355. The van der Waals surface area contributed by atoms with Gasteiger partial charge < -0.3 is 10.6 Å². The van der Waals surface area contributed by atoms with E-state index in [0.717, 1.165) is 32.4 Å². The largest absolute Gasteiger partial charge is 0.396 e. The molecule has 2 rings (SSSR count). The number of aromatic nitrogens is 2. The first kappa shape index (κ1) is 12.0. The molecule has 5 heteroatoms. The molecule has 5 nitrogen and oxygen atoms in total. The Bertz CT molecular complexity index is 413. The Morgan fingerprint density at radius 3 is 2.94 bits per heavy atom. The molecule has 1 amide bonds. The summed E-state index contributed by atoms with van der Waals surface area (Å²) in [6.45, 7) is 5.65. The minimum Gasteiger partial charge on any atom is -0.396 e. The van der Waals surface area contributed by atoms with Crippen molar-refractivity contribution >= 4 is 11.6 Å². The first-order valence-corrected chi connectivity index (χ1v) is 6.31. The molecule has 0 radical (unpaired) electrons. The van der Waals surface area contributed by atoms with Crippen LogP contribution in [0.15, 0.2) is 6.20 Å². The fraction of sp³-hybridized carbons (Fsp3) is 0.667. The molecule has 1 unspecified atom stereocenters. The van der Waals surface area contributed by atoms with Crippen LogP contribution in [0.25, 0.3) is 0 Å². The van der Waals surface area contributed by atoms with Gasteiger partial charge in [0.25, 0.3) is 5.91 Å². The molecule has 1 aromatic rings. The molecular formula is C12H20N4O. The Morgan fingerprint density at radius 2 is 2.35 bits per heavy atom. The molecule has 1 aromatic heterocycles. The molecule has 0 bridgehead atoms. The van der Waals surface area contributed by atoms with Crippen molar-refractivity contribution in [3.05, 3.63) is 11.9 Å². The zero-order chi connectivity index (χ0) is 12.4. The van der Waals surface area contributed by atoms with E-state index in [1.54, 1.807) is 10.9 Å². The van der Waals surface area contributed by atoms with Crippen LogP contribution in [0, 0.1) is 0 Å². The lowest BCUT2D eigenvalue weighted by Crippen LogP contribution is -2.35. The highest BCUT2D eigenvalue weighted by molar-refractivity contribution is 5.97. The van der Waals surface area contributed by atoms with E-state index in [2.05, 4.69) is 12.0 Å². The second-order valence-corrected chi connectivity index (χ2v) is 4.49. The van der Waals surface area contributed by atoms with Gasteiger partial charge in [0.05, 0.1) is 5.69 Å². The quantitative estimate of drug-likeness (QED) is 0.865. The van der Waals surface area contributed by atoms with Crippen LogP contribution < -0.4 is 5.73 Å². The summed E-state index contributed by atoms with van der Waals surface area (Å²) in [5.41, 5.74) is 6.74. The van der Waals surface area contributed by atoms with E-state index in [-0.39, 0.29) is 5.91 Å². The third kappa shape index (κ3) is 2.14. The zero-order valence-corrected chi connectivity index (χ0v) is 10.5. The van der Waals surface area contributed by atoms with E-state index in [1.807, 2.05) is 11.8 Å². The van der Waals surface area contributed by atoms with Crippen LogP contribution in [0.3, 0.4) is 0 Å². The highest BCUT2D eigenvalue weighted by Gasteiger charge is 2.30. The summed E-state index contributed by atoms with van der Waals surface area (Å²) in [7, 11) is 0. The molecule has 0 spiro atoms. The lowest BCUT2D eigenvalue weighted by Gasteiger charge is -2.22. The van der Waals surface area contributed by atoms with E-state index in [1.165, 1.54) is 0 Å². The van der Waals surface area contributed by atoms with Gasteiger partial charge in [-0.1, -0.05) is 6.92 Å². The Kier molecular flexibility index (Phi) is 3.36. The minimum atomic E-state index is -0.0148. The molecule has 1 fully saturated rings. The monoisotopic (exact) mass is 236 g/mol. The van der Waals surface area contributed by atoms with Gasteiger partial charge in [-0.05, 0) is 26.2 Å². The number of carbonyl (C=O) groups excluding carboxylic acids is 1. The summed E-state index contributed by atoms with van der Waals surface area (Å²) >= 11 is 0. The summed E-state index contributed by atoms with van der Waals surface area (Å²) in [6.07, 6.45) is 4.90. The van der Waals surface area contributed by atoms with Crippen LogP contribution in [0.4, 0.5) is 5.69 Å². The molecular weight excluding hydrogens is 216 g/mol. The maximum Gasteiger partial charge on any atom is 0.276 e. The lowest BCUT2D eigenvalue weighted by atomic mass is 10.1. The van der Waals surface area contributed by atoms with Crippen molar-refractivity contribution in [3.63, 3.8) is 0 Å². The number of nitrogens with zero attached hydrogens (tertiary/aromatic N) is 3. The van der Waals surface area contributed by atoms with Gasteiger partial charge in [0.15, 0.2) is 5.69 Å². The number of rotatable bonds is 3. The molecule has 0 saturated carbocycles. The van der Waals surface area contributed by atoms with Crippen LogP contribution in [-0.4, -0.2) is 33.2 Å². The van der Waals surface area contributed by atoms with Crippen molar-refractivity contribution in [2.45, 2.75) is 45.7 Å². The Hall–Kier alpha value is -1.52. The van der Waals surface area contributed by atoms with Crippen LogP contribution in [0.2, 0.25) is 0 Å². The fourth-order valence-corrected chi connectivity index (χ4v) is 2.43. The first-order chi connectivity index (χ1) is 8.17. The topological polar surface area (TPSA) is 64.2 Å². The predicted molar refractivity (Wildman–Crippen MR) is 66.7 cm³/mol. The molecule has 0 aliphatic carbocycles. The van der Waals surface area contributed by atoms with E-state index in [0.29, 0.717) is 17.4 Å². The van der Waals surface area contributed by atoms with Crippen LogP contribution >= 0.6 is 0 Å². The summed E-state index contributed by atoms with van der Waals surface area (Å²) in [5, 5.41) is 4.24. The van der Waals surface area contributed by atoms with Crippen molar-refractivity contribution in [2.24, 2.45) is 0 Å². The highest BCUT2D eigenvalue weighted by atomic mass is 16.2. The maximum absolute atomic E-state index is 12.3. The predicted octanol–water partition coefficient (Wildman–Crippen LogP) is 1.50. The van der Waals surface area contributed by atoms with Crippen molar-refractivity contribution in [2.75, 3.05) is 12.3 Å². The fourth-order valence-electron chi connectivity index (χ4n) is 2.43. The molecule has 1 aliphatic rings. The molecule has 94 valence electrons. The minimum absolute atomic E-state index is 0.0148. The highest BCUT2D eigenvalue weighted by Crippen LogP contribution is 2.23. The van der Waals surface area contributed by atoms with Gasteiger partial charge in [-0.15, -0.1) is 0 Å². The number of aryl methyl sites for hydroxylation is 1. The zero-order valence-electron chi connectivity index (χ0n) is 10.5. The van der Waals surface area contributed by atoms with Crippen LogP contribution in [0.5, 0.6) is 0 Å². The number of anilines is 1. The van der Waals surface area contributed by atoms with Crippen molar-refractivity contribution in [1.29, 1.82) is 0 Å². The number of nitrogen functional groups attached to an aromatic ring is 1. The van der Waals surface area contributed by atoms with Crippen LogP contribution in [0.1, 0.15) is 43.6 Å². The molecule has 1 aliphatic heterocycles. The second-order valence-electron chi connectivity index (χ2n) is 4.49. The number of carbonyl (C=O) groups is 1. The van der Waals surface area contributed by atoms with E-state index < -0.39 is 0 Å². The summed E-state index contributed by atoms with van der Waals surface area (Å²) in [5.74, 6) is -0.0148. The summed E-state index contributed by atoms with van der Waals surface area (Å²) in [4.78, 5) is 14.3. The van der Waals surface area contributed by atoms with Crippen molar-refractivity contribution < 1.29 is 4.79 Å². The van der Waals surface area contributed by atoms with Gasteiger partial charge in [0, 0.05) is 25.3 Å². The van der Waals surface area contributed by atoms with Crippen LogP contribution in [-0.2, 0) is 6.54 Å². The van der Waals surface area contributed by atoms with E-state index in [9.17, 15) is 4.79 Å². The normalized spacial score (nSPS) is 19.9. The molecule has 2 N–H and O–H groups in total. The number of amides is 1. The Labute approximate surface area is 102 Å². The van der Waals surface area contributed by atoms with Gasteiger partial charge >= 0.3 is 0 Å². The third-order valence-corrected chi connectivity index (χ3v) is 3.43. The van der Waals surface area contributed by atoms with Gasteiger partial charge in [-0.25, -0.2) is 0 Å². The van der Waals surface area contributed by atoms with E-state index in [4.69, 9.17) is 5.73 Å². The maximum atomic E-state index is 12.3. The lowest BCUT2D eigenvalue weighted by molar-refractivity contribution is 0.0728. The molecule has 1 atom stereocenters. The average Bonchev–Trinajstić information content (AvgIpc) is 2.93. The molecule has 17 heavy (non-hydrogen) atoms. The Balaban J connectivity index is 2.21. The summed E-state index contributed by atoms with van der Waals surface area (Å²) < 4.78 is 1.71. The number of likely N-dealkylation sites (tertiary alicyclic amines) is 1. The molecule has 0 aromatic carbocycles. The number of hydrogen-bond acceptors (Lipinski definition) is 3. The smallest absolute Gasteiger partial charge is 0.276 e. The third-order valence-electron chi connectivity index (χ3n) is 3.43. The number of nitrogens with two attached hydrogens (primary N) is 1. The number of hydrogen-bond donors (Lipinski definition) is 1. The molecule has 2 heterocycles. The van der Waals surface area contributed by atoms with Gasteiger partial charge in [-0.2, -0.15) is 5.10 Å². The van der Waals surface area contributed by atoms with Crippen molar-refractivity contribution in [3.8, 4) is 0 Å². The van der Waals surface area contributed by atoms with Gasteiger partial charge in [0.2, 0.25) is 0 Å². The van der Waals surface area contributed by atoms with E-state index >= 15 is 0 Å².